The van der Waals surface area contributed by atoms with Crippen LogP contribution in [0.25, 0.3) is 0 Å². The number of hydrogen-bond acceptors (Lipinski definition) is 2. The van der Waals surface area contributed by atoms with E-state index in [0.717, 1.165) is 31.6 Å². The Morgan fingerprint density at radius 1 is 1.00 bits per heavy atom. The van der Waals surface area contributed by atoms with Gasteiger partial charge in [-0.1, -0.05) is 66.2 Å². The summed E-state index contributed by atoms with van der Waals surface area (Å²) in [6, 6.07) is 23.8. The van der Waals surface area contributed by atoms with Gasteiger partial charge in [0, 0.05) is 33.7 Å². The Kier molecular flexibility index (Phi) is 6.03. The van der Waals surface area contributed by atoms with Crippen molar-refractivity contribution in [3.63, 3.8) is 0 Å². The molecule has 1 unspecified atom stereocenters. The number of halogens is 1. The topological polar surface area (TPSA) is 45.9 Å². The number of rotatable bonds is 5. The number of fused-ring (bicyclic) bond motifs is 1. The first-order chi connectivity index (χ1) is 14.2. The van der Waals surface area contributed by atoms with Crippen molar-refractivity contribution in [1.82, 2.24) is 5.43 Å². The quantitative estimate of drug-likeness (QED) is 0.497. The highest BCUT2D eigenvalue weighted by molar-refractivity contribution is 6.33. The highest BCUT2D eigenvalue weighted by Gasteiger charge is 2.19. The normalized spacial score (nSPS) is 15.8. The maximum Gasteiger partial charge on any atom is 0.271 e. The van der Waals surface area contributed by atoms with E-state index in [4.69, 9.17) is 11.6 Å². The Morgan fingerprint density at radius 2 is 1.72 bits per heavy atom. The molecule has 1 atom stereocenters. The van der Waals surface area contributed by atoms with E-state index in [1.165, 1.54) is 16.7 Å². The van der Waals surface area contributed by atoms with Gasteiger partial charge in [0.1, 0.15) is 13.1 Å². The lowest BCUT2D eigenvalue weighted by Crippen LogP contribution is -3.10. The van der Waals surface area contributed by atoms with Crippen molar-refractivity contribution in [3.05, 3.63) is 106 Å². The fraction of sp³-hybridized carbons (Fsp3) is 0.167. The van der Waals surface area contributed by atoms with Gasteiger partial charge in [0.15, 0.2) is 0 Å². The van der Waals surface area contributed by atoms with Gasteiger partial charge in [-0.25, -0.2) is 5.43 Å². The van der Waals surface area contributed by atoms with Crippen LogP contribution in [0.15, 0.2) is 77.9 Å². The van der Waals surface area contributed by atoms with E-state index in [1.807, 2.05) is 42.5 Å². The Morgan fingerprint density at radius 3 is 2.52 bits per heavy atom. The number of quaternary nitrogens is 1. The second kappa shape index (κ2) is 9.03. The molecule has 4 nitrogen and oxygen atoms in total. The summed E-state index contributed by atoms with van der Waals surface area (Å²) in [5, 5.41) is 4.60. The number of nitrogens with zero attached hydrogens (tertiary/aromatic N) is 1. The van der Waals surface area contributed by atoms with Crippen LogP contribution in [-0.2, 0) is 19.5 Å². The summed E-state index contributed by atoms with van der Waals surface area (Å²) in [5.41, 5.74) is 8.05. The van der Waals surface area contributed by atoms with Gasteiger partial charge in [0.2, 0.25) is 0 Å². The zero-order valence-electron chi connectivity index (χ0n) is 16.1. The standard InChI is InChI=1S/C24H22ClN3O/c25-23-8-4-3-6-21(23)15-26-27-24(29)20-11-9-18(10-12-20)16-28-14-13-19-5-1-2-7-22(19)17-28/h1-12,15H,13-14,16-17H2,(H,27,29)/p+1/b26-15-. The zero-order chi connectivity index (χ0) is 20.1. The number of hydrazone groups is 1. The largest absolute Gasteiger partial charge is 0.327 e. The number of nitrogens with one attached hydrogen (secondary N) is 2. The molecule has 3 aromatic carbocycles. The molecule has 1 heterocycles. The molecule has 1 aliphatic rings. The maximum absolute atomic E-state index is 12.3. The fourth-order valence-corrected chi connectivity index (χ4v) is 3.85. The molecule has 5 heteroatoms. The lowest BCUT2D eigenvalue weighted by atomic mass is 9.99. The minimum Gasteiger partial charge on any atom is -0.327 e. The summed E-state index contributed by atoms with van der Waals surface area (Å²) in [6.45, 7) is 3.14. The van der Waals surface area contributed by atoms with Crippen LogP contribution in [0.4, 0.5) is 0 Å². The van der Waals surface area contributed by atoms with Crippen LogP contribution in [0.2, 0.25) is 5.02 Å². The molecule has 0 spiro atoms. The molecule has 1 amide bonds. The summed E-state index contributed by atoms with van der Waals surface area (Å²) >= 11 is 6.08. The molecule has 0 fully saturated rings. The number of benzene rings is 3. The van der Waals surface area contributed by atoms with E-state index in [9.17, 15) is 4.79 Å². The van der Waals surface area contributed by atoms with Gasteiger partial charge in [-0.3, -0.25) is 4.79 Å². The third kappa shape index (κ3) is 4.91. The Bertz CT molecular complexity index is 1030. The summed E-state index contributed by atoms with van der Waals surface area (Å²) in [4.78, 5) is 13.8. The van der Waals surface area contributed by atoms with Crippen molar-refractivity contribution in [2.45, 2.75) is 19.5 Å². The fourth-order valence-electron chi connectivity index (χ4n) is 3.66. The van der Waals surface area contributed by atoms with Crippen molar-refractivity contribution in [1.29, 1.82) is 0 Å². The van der Waals surface area contributed by atoms with Crippen LogP contribution in [-0.4, -0.2) is 18.7 Å². The van der Waals surface area contributed by atoms with Gasteiger partial charge >= 0.3 is 0 Å². The van der Waals surface area contributed by atoms with Crippen LogP contribution in [0.1, 0.15) is 32.6 Å². The van der Waals surface area contributed by atoms with Gasteiger partial charge in [0.25, 0.3) is 5.91 Å². The van der Waals surface area contributed by atoms with E-state index < -0.39 is 0 Å². The molecule has 3 aromatic rings. The molecule has 0 radical (unpaired) electrons. The van der Waals surface area contributed by atoms with E-state index in [-0.39, 0.29) is 5.91 Å². The van der Waals surface area contributed by atoms with Crippen molar-refractivity contribution >= 4 is 23.7 Å². The first kappa shape index (κ1) is 19.4. The molecular weight excluding hydrogens is 382 g/mol. The summed E-state index contributed by atoms with van der Waals surface area (Å²) in [7, 11) is 0. The van der Waals surface area contributed by atoms with Gasteiger partial charge in [-0.05, 0) is 23.8 Å². The zero-order valence-corrected chi connectivity index (χ0v) is 16.8. The van der Waals surface area contributed by atoms with Crippen molar-refractivity contribution < 1.29 is 9.69 Å². The molecule has 29 heavy (non-hydrogen) atoms. The van der Waals surface area contributed by atoms with Crippen molar-refractivity contribution in [3.8, 4) is 0 Å². The predicted octanol–water partition coefficient (Wildman–Crippen LogP) is 3.25. The van der Waals surface area contributed by atoms with Gasteiger partial charge < -0.3 is 4.90 Å². The first-order valence-electron chi connectivity index (χ1n) is 9.76. The summed E-state index contributed by atoms with van der Waals surface area (Å²) < 4.78 is 0. The van der Waals surface area contributed by atoms with E-state index in [0.29, 0.717) is 10.6 Å². The van der Waals surface area contributed by atoms with Gasteiger partial charge in [0.05, 0.1) is 12.8 Å². The van der Waals surface area contributed by atoms with E-state index >= 15 is 0 Å². The van der Waals surface area contributed by atoms with Crippen molar-refractivity contribution in [2.24, 2.45) is 5.10 Å². The highest BCUT2D eigenvalue weighted by Crippen LogP contribution is 2.13. The van der Waals surface area contributed by atoms with E-state index in [2.05, 4.69) is 34.8 Å². The second-order valence-electron chi connectivity index (χ2n) is 7.29. The highest BCUT2D eigenvalue weighted by atomic mass is 35.5. The predicted molar refractivity (Wildman–Crippen MR) is 116 cm³/mol. The van der Waals surface area contributed by atoms with Crippen molar-refractivity contribution in [2.75, 3.05) is 6.54 Å². The average Bonchev–Trinajstić information content (AvgIpc) is 2.75. The number of carbonyl (C=O) groups excluding carboxylic acids is 1. The molecule has 2 N–H and O–H groups in total. The molecule has 0 bridgehead atoms. The molecular formula is C24H23ClN3O+. The number of carbonyl (C=O) groups is 1. The Balaban J connectivity index is 1.33. The molecule has 1 aliphatic heterocycles. The third-order valence-electron chi connectivity index (χ3n) is 5.25. The summed E-state index contributed by atoms with van der Waals surface area (Å²) in [6.07, 6.45) is 2.67. The Labute approximate surface area is 175 Å². The minimum atomic E-state index is -0.237. The van der Waals surface area contributed by atoms with Crippen LogP contribution >= 0.6 is 11.6 Å². The minimum absolute atomic E-state index is 0.237. The third-order valence-corrected chi connectivity index (χ3v) is 5.60. The Hall–Kier alpha value is -2.95. The average molecular weight is 405 g/mol. The molecule has 0 saturated carbocycles. The maximum atomic E-state index is 12.3. The molecule has 0 saturated heterocycles. The molecule has 4 rings (SSSR count). The molecule has 146 valence electrons. The monoisotopic (exact) mass is 404 g/mol. The smallest absolute Gasteiger partial charge is 0.271 e. The van der Waals surface area contributed by atoms with Crippen LogP contribution in [0, 0.1) is 0 Å². The van der Waals surface area contributed by atoms with E-state index in [1.54, 1.807) is 17.2 Å². The molecule has 0 aromatic heterocycles. The SMILES string of the molecule is O=C(N/N=C\c1ccccc1Cl)c1ccc(C[NH+]2CCc3ccccc3C2)cc1. The van der Waals surface area contributed by atoms with Crippen LogP contribution in [0.3, 0.4) is 0 Å². The summed E-state index contributed by atoms with van der Waals surface area (Å²) in [5.74, 6) is -0.237. The van der Waals surface area contributed by atoms with Gasteiger partial charge in [-0.15, -0.1) is 0 Å². The lowest BCUT2D eigenvalue weighted by molar-refractivity contribution is -0.929. The molecule has 0 aliphatic carbocycles. The second-order valence-corrected chi connectivity index (χ2v) is 7.70. The first-order valence-corrected chi connectivity index (χ1v) is 10.1. The number of hydrogen-bond donors (Lipinski definition) is 2. The van der Waals surface area contributed by atoms with Crippen LogP contribution in [0.5, 0.6) is 0 Å². The number of amides is 1. The van der Waals surface area contributed by atoms with Gasteiger partial charge in [-0.2, -0.15) is 5.10 Å². The van der Waals surface area contributed by atoms with Crippen LogP contribution < -0.4 is 10.3 Å². The lowest BCUT2D eigenvalue weighted by Gasteiger charge is -2.26.